The predicted molar refractivity (Wildman–Crippen MR) is 83.6 cm³/mol. The minimum atomic E-state index is -3.89. The minimum absolute atomic E-state index is 0. The van der Waals surface area contributed by atoms with Crippen LogP contribution in [0.4, 0.5) is 8.78 Å². The second kappa shape index (κ2) is 7.29. The monoisotopic (exact) mass is 368 g/mol. The summed E-state index contributed by atoms with van der Waals surface area (Å²) < 4.78 is 56.7. The van der Waals surface area contributed by atoms with E-state index in [0.717, 1.165) is 12.8 Å². The molecule has 2 atom stereocenters. The predicted octanol–water partition coefficient (Wildman–Crippen LogP) is 2.27. The van der Waals surface area contributed by atoms with E-state index in [9.17, 15) is 17.2 Å². The smallest absolute Gasteiger partial charge is 0.387 e. The summed E-state index contributed by atoms with van der Waals surface area (Å²) in [6.45, 7) is -3.06. The van der Waals surface area contributed by atoms with Crippen LogP contribution in [0.25, 0.3) is 0 Å². The Morgan fingerprint density at radius 3 is 2.39 bits per heavy atom. The van der Waals surface area contributed by atoms with Gasteiger partial charge in [0.25, 0.3) is 0 Å². The van der Waals surface area contributed by atoms with Gasteiger partial charge >= 0.3 is 6.61 Å². The van der Waals surface area contributed by atoms with E-state index < -0.39 is 16.6 Å². The number of rotatable bonds is 5. The molecule has 2 bridgehead atoms. The summed E-state index contributed by atoms with van der Waals surface area (Å²) in [7, 11) is -3.89. The van der Waals surface area contributed by atoms with Gasteiger partial charge in [0.05, 0.1) is 0 Å². The lowest BCUT2D eigenvalue weighted by Gasteiger charge is -2.29. The summed E-state index contributed by atoms with van der Waals surface area (Å²) >= 11 is 0. The van der Waals surface area contributed by atoms with Crippen LogP contribution in [0.5, 0.6) is 5.75 Å². The number of fused-ring (bicyclic) bond motifs is 2. The largest absolute Gasteiger partial charge is 0.433 e. The normalized spacial score (nSPS) is 26.8. The summed E-state index contributed by atoms with van der Waals surface area (Å²) in [5.74, 6) is -0.332. The maximum Gasteiger partial charge on any atom is 0.387 e. The van der Waals surface area contributed by atoms with Crippen LogP contribution >= 0.6 is 12.4 Å². The maximum atomic E-state index is 12.5. The van der Waals surface area contributed by atoms with Crippen molar-refractivity contribution >= 4 is 22.4 Å². The van der Waals surface area contributed by atoms with Crippen molar-refractivity contribution in [2.45, 2.75) is 55.3 Å². The molecule has 2 N–H and O–H groups in total. The van der Waals surface area contributed by atoms with Gasteiger partial charge in [0.1, 0.15) is 10.6 Å². The fraction of sp³-hybridized carbons (Fsp3) is 0.571. The number of piperidine rings is 1. The number of sulfonamides is 1. The van der Waals surface area contributed by atoms with Crippen molar-refractivity contribution in [2.24, 2.45) is 0 Å². The Hall–Kier alpha value is -0.960. The highest BCUT2D eigenvalue weighted by Gasteiger charge is 2.36. The van der Waals surface area contributed by atoms with Crippen molar-refractivity contribution in [1.29, 1.82) is 0 Å². The molecule has 2 heterocycles. The first kappa shape index (κ1) is 18.4. The molecule has 0 radical (unpaired) electrons. The Bertz CT molecular complexity index is 633. The lowest BCUT2D eigenvalue weighted by molar-refractivity contribution is -0.0517. The molecule has 1 aromatic rings. The highest BCUT2D eigenvalue weighted by Crippen LogP contribution is 2.29. The van der Waals surface area contributed by atoms with Gasteiger partial charge < -0.3 is 10.1 Å². The van der Waals surface area contributed by atoms with Crippen LogP contribution in [0.15, 0.2) is 29.2 Å². The summed E-state index contributed by atoms with van der Waals surface area (Å²) in [4.78, 5) is -0.249. The van der Waals surface area contributed by atoms with Crippen LogP contribution < -0.4 is 14.8 Å². The van der Waals surface area contributed by atoms with Crippen LogP contribution in [-0.4, -0.2) is 33.2 Å². The minimum Gasteiger partial charge on any atom is -0.433 e. The number of hydrogen-bond donors (Lipinski definition) is 2. The fourth-order valence-corrected chi connectivity index (χ4v) is 4.70. The van der Waals surface area contributed by atoms with E-state index in [1.54, 1.807) is 0 Å². The molecule has 2 unspecified atom stereocenters. The molecular formula is C14H19ClF2N2O3S. The molecule has 0 amide bonds. The van der Waals surface area contributed by atoms with Crippen molar-refractivity contribution < 1.29 is 21.9 Å². The van der Waals surface area contributed by atoms with Crippen molar-refractivity contribution in [3.8, 4) is 5.75 Å². The van der Waals surface area contributed by atoms with E-state index in [1.807, 2.05) is 0 Å². The topological polar surface area (TPSA) is 67.4 Å². The number of nitrogens with one attached hydrogen (secondary N) is 2. The molecule has 1 aromatic carbocycles. The average Bonchev–Trinajstić information content (AvgIpc) is 2.77. The van der Waals surface area contributed by atoms with E-state index in [-0.39, 0.29) is 29.1 Å². The van der Waals surface area contributed by atoms with Crippen molar-refractivity contribution in [2.75, 3.05) is 0 Å². The number of alkyl halides is 2. The van der Waals surface area contributed by atoms with Crippen LogP contribution in [0, 0.1) is 0 Å². The molecule has 3 rings (SSSR count). The van der Waals surface area contributed by atoms with Gasteiger partial charge in [-0.3, -0.25) is 0 Å². The van der Waals surface area contributed by atoms with Crippen molar-refractivity contribution in [3.63, 3.8) is 0 Å². The summed E-state index contributed by atoms with van der Waals surface area (Å²) in [5, 5.41) is 3.42. The molecule has 5 nitrogen and oxygen atoms in total. The molecule has 9 heteroatoms. The van der Waals surface area contributed by atoms with E-state index in [1.165, 1.54) is 24.3 Å². The Morgan fingerprint density at radius 2 is 1.78 bits per heavy atom. The molecule has 0 saturated carbocycles. The van der Waals surface area contributed by atoms with Crippen LogP contribution in [0.1, 0.15) is 25.7 Å². The number of hydrogen-bond acceptors (Lipinski definition) is 4. The average molecular weight is 369 g/mol. The molecule has 130 valence electrons. The quantitative estimate of drug-likeness (QED) is 0.836. The van der Waals surface area contributed by atoms with E-state index in [2.05, 4.69) is 14.8 Å². The van der Waals surface area contributed by atoms with Crippen molar-refractivity contribution in [1.82, 2.24) is 10.0 Å². The van der Waals surface area contributed by atoms with Gasteiger partial charge in [0, 0.05) is 18.1 Å². The van der Waals surface area contributed by atoms with Gasteiger partial charge in [-0.15, -0.1) is 12.4 Å². The summed E-state index contributed by atoms with van der Waals surface area (Å²) in [6.07, 6.45) is 3.53. The second-order valence-electron chi connectivity index (χ2n) is 5.75. The van der Waals surface area contributed by atoms with Gasteiger partial charge in [0.15, 0.2) is 0 Å². The van der Waals surface area contributed by atoms with E-state index >= 15 is 0 Å². The summed E-state index contributed by atoms with van der Waals surface area (Å²) in [6, 6.07) is 5.93. The molecule has 0 aromatic heterocycles. The van der Waals surface area contributed by atoms with Crippen LogP contribution in [0.2, 0.25) is 0 Å². The third kappa shape index (κ3) is 4.32. The first-order chi connectivity index (χ1) is 10.4. The molecule has 23 heavy (non-hydrogen) atoms. The van der Waals surface area contributed by atoms with Gasteiger partial charge in [-0.25, -0.2) is 13.1 Å². The standard InChI is InChI=1S/C14H18F2N2O3S.ClH/c15-14(16)21-12-3-1-2-4-13(12)22(19,20)18-11-7-9-5-6-10(8-11)17-9;/h1-4,9-11,14,17-18H,5-8H2;1H. The lowest BCUT2D eigenvalue weighted by atomic mass is 10.0. The Kier molecular flexibility index (Phi) is 5.83. The van der Waals surface area contributed by atoms with Crippen LogP contribution in [0.3, 0.4) is 0 Å². The molecular weight excluding hydrogens is 350 g/mol. The van der Waals surface area contributed by atoms with Gasteiger partial charge in [-0.2, -0.15) is 8.78 Å². The Labute approximate surface area is 140 Å². The summed E-state index contributed by atoms with van der Waals surface area (Å²) in [5.41, 5.74) is 0. The van der Waals surface area contributed by atoms with E-state index in [4.69, 9.17) is 0 Å². The molecule has 2 aliphatic heterocycles. The van der Waals surface area contributed by atoms with Gasteiger partial charge in [0.2, 0.25) is 10.0 Å². The zero-order valence-corrected chi connectivity index (χ0v) is 13.9. The fourth-order valence-electron chi connectivity index (χ4n) is 3.30. The molecule has 2 fully saturated rings. The SMILES string of the molecule is Cl.O=S(=O)(NC1CC2CCC(C1)N2)c1ccccc1OC(F)F. The maximum absolute atomic E-state index is 12.5. The molecule has 0 spiro atoms. The number of halogens is 3. The van der Waals surface area contributed by atoms with Gasteiger partial charge in [-0.1, -0.05) is 12.1 Å². The first-order valence-corrected chi connectivity index (χ1v) is 8.74. The molecule has 0 aliphatic carbocycles. The number of benzene rings is 1. The second-order valence-corrected chi connectivity index (χ2v) is 7.44. The first-order valence-electron chi connectivity index (χ1n) is 7.26. The number of ether oxygens (including phenoxy) is 1. The Balaban J connectivity index is 0.00000192. The third-order valence-corrected chi connectivity index (χ3v) is 5.71. The highest BCUT2D eigenvalue weighted by atomic mass is 35.5. The van der Waals surface area contributed by atoms with E-state index in [0.29, 0.717) is 24.9 Å². The third-order valence-electron chi connectivity index (χ3n) is 4.15. The van der Waals surface area contributed by atoms with Crippen LogP contribution in [-0.2, 0) is 10.0 Å². The number of para-hydroxylation sites is 1. The Morgan fingerprint density at radius 1 is 1.17 bits per heavy atom. The van der Waals surface area contributed by atoms with Gasteiger partial charge in [-0.05, 0) is 37.8 Å². The zero-order valence-electron chi connectivity index (χ0n) is 12.2. The van der Waals surface area contributed by atoms with Crippen molar-refractivity contribution in [3.05, 3.63) is 24.3 Å². The zero-order chi connectivity index (χ0) is 15.7. The lowest BCUT2D eigenvalue weighted by Crippen LogP contribution is -2.47. The highest BCUT2D eigenvalue weighted by molar-refractivity contribution is 7.89. The molecule has 2 saturated heterocycles. The molecule has 2 aliphatic rings.